The first-order valence-electron chi connectivity index (χ1n) is 6.61. The lowest BCUT2D eigenvalue weighted by molar-refractivity contribution is 0.0951. The fraction of sp³-hybridized carbons (Fsp3) is 0.571. The van der Waals surface area contributed by atoms with Crippen molar-refractivity contribution in [3.63, 3.8) is 0 Å². The third-order valence-corrected chi connectivity index (χ3v) is 3.56. The summed E-state index contributed by atoms with van der Waals surface area (Å²) in [6.07, 6.45) is 2.06. The van der Waals surface area contributed by atoms with Gasteiger partial charge in [0.2, 0.25) is 0 Å². The van der Waals surface area contributed by atoms with Crippen molar-refractivity contribution in [3.8, 4) is 0 Å². The molecular formula is C14H21N3O. The molecule has 0 bridgehead atoms. The molecule has 1 aliphatic carbocycles. The van der Waals surface area contributed by atoms with E-state index in [4.69, 9.17) is 0 Å². The molecular weight excluding hydrogens is 226 g/mol. The highest BCUT2D eigenvalue weighted by Crippen LogP contribution is 2.36. The van der Waals surface area contributed by atoms with Crippen LogP contribution in [0.3, 0.4) is 0 Å². The standard InChI is InChI=1S/C14H21N3O/c1-4-12-6-10(7-13(15-3)17-12)14(18)16-8-11-5-9(11)2/h6-7,9,11H,4-5,8H2,1-3H3,(H,15,17)(H,16,18). The number of carbonyl (C=O) groups excluding carboxylic acids is 1. The zero-order valence-corrected chi connectivity index (χ0v) is 11.3. The van der Waals surface area contributed by atoms with Crippen molar-refractivity contribution in [3.05, 3.63) is 23.4 Å². The number of carbonyl (C=O) groups is 1. The van der Waals surface area contributed by atoms with Crippen LogP contribution in [0.15, 0.2) is 12.1 Å². The minimum Gasteiger partial charge on any atom is -0.373 e. The maximum atomic E-state index is 12.1. The van der Waals surface area contributed by atoms with Crippen molar-refractivity contribution in [2.75, 3.05) is 18.9 Å². The van der Waals surface area contributed by atoms with E-state index in [1.807, 2.05) is 20.0 Å². The molecule has 1 aromatic rings. The SMILES string of the molecule is CCc1cc(C(=O)NCC2CC2C)cc(NC)n1. The van der Waals surface area contributed by atoms with Crippen molar-refractivity contribution in [2.45, 2.75) is 26.7 Å². The summed E-state index contributed by atoms with van der Waals surface area (Å²) >= 11 is 0. The van der Waals surface area contributed by atoms with Gasteiger partial charge in [0.05, 0.1) is 0 Å². The number of anilines is 1. The molecule has 2 rings (SSSR count). The molecule has 0 aromatic carbocycles. The average molecular weight is 247 g/mol. The Morgan fingerprint density at radius 1 is 1.50 bits per heavy atom. The maximum Gasteiger partial charge on any atom is 0.251 e. The largest absolute Gasteiger partial charge is 0.373 e. The molecule has 0 aliphatic heterocycles. The molecule has 0 radical (unpaired) electrons. The highest BCUT2D eigenvalue weighted by atomic mass is 16.1. The Kier molecular flexibility index (Phi) is 3.84. The fourth-order valence-corrected chi connectivity index (χ4v) is 2.04. The summed E-state index contributed by atoms with van der Waals surface area (Å²) < 4.78 is 0. The van der Waals surface area contributed by atoms with Crippen molar-refractivity contribution >= 4 is 11.7 Å². The number of amides is 1. The summed E-state index contributed by atoms with van der Waals surface area (Å²) in [5.74, 6) is 2.19. The Balaban J connectivity index is 2.03. The summed E-state index contributed by atoms with van der Waals surface area (Å²) in [6, 6.07) is 3.66. The molecule has 18 heavy (non-hydrogen) atoms. The molecule has 1 heterocycles. The second-order valence-corrected chi connectivity index (χ2v) is 5.02. The molecule has 0 saturated heterocycles. The molecule has 1 amide bonds. The Morgan fingerprint density at radius 3 is 2.78 bits per heavy atom. The fourth-order valence-electron chi connectivity index (χ4n) is 2.04. The number of rotatable bonds is 5. The van der Waals surface area contributed by atoms with E-state index in [0.29, 0.717) is 11.5 Å². The van der Waals surface area contributed by atoms with E-state index < -0.39 is 0 Å². The monoisotopic (exact) mass is 247 g/mol. The Labute approximate surface area is 108 Å². The topological polar surface area (TPSA) is 54.0 Å². The number of nitrogens with zero attached hydrogens (tertiary/aromatic N) is 1. The Morgan fingerprint density at radius 2 is 2.22 bits per heavy atom. The molecule has 4 nitrogen and oxygen atoms in total. The van der Waals surface area contributed by atoms with E-state index in [2.05, 4.69) is 22.5 Å². The highest BCUT2D eigenvalue weighted by Gasteiger charge is 2.32. The van der Waals surface area contributed by atoms with Crippen LogP contribution in [0.1, 0.15) is 36.3 Å². The van der Waals surface area contributed by atoms with Crippen LogP contribution >= 0.6 is 0 Å². The lowest BCUT2D eigenvalue weighted by atomic mass is 10.1. The quantitative estimate of drug-likeness (QED) is 0.837. The van der Waals surface area contributed by atoms with Crippen LogP contribution in [0.5, 0.6) is 0 Å². The molecule has 4 heteroatoms. The van der Waals surface area contributed by atoms with Crippen molar-refractivity contribution < 1.29 is 4.79 Å². The Bertz CT molecular complexity index is 422. The van der Waals surface area contributed by atoms with Gasteiger partial charge in [-0.25, -0.2) is 4.98 Å². The van der Waals surface area contributed by atoms with Crippen LogP contribution in [-0.2, 0) is 6.42 Å². The van der Waals surface area contributed by atoms with E-state index in [0.717, 1.165) is 30.4 Å². The number of nitrogens with one attached hydrogen (secondary N) is 2. The van der Waals surface area contributed by atoms with E-state index in [1.165, 1.54) is 6.42 Å². The van der Waals surface area contributed by atoms with Gasteiger partial charge in [0.15, 0.2) is 0 Å². The van der Waals surface area contributed by atoms with E-state index >= 15 is 0 Å². The van der Waals surface area contributed by atoms with Gasteiger partial charge in [-0.1, -0.05) is 13.8 Å². The predicted molar refractivity (Wildman–Crippen MR) is 72.8 cm³/mol. The molecule has 98 valence electrons. The lowest BCUT2D eigenvalue weighted by Gasteiger charge is -2.08. The van der Waals surface area contributed by atoms with Crippen LogP contribution in [0, 0.1) is 11.8 Å². The van der Waals surface area contributed by atoms with Gasteiger partial charge in [-0.15, -0.1) is 0 Å². The molecule has 1 aromatic heterocycles. The first kappa shape index (κ1) is 12.9. The van der Waals surface area contributed by atoms with Gasteiger partial charge in [-0.05, 0) is 36.8 Å². The summed E-state index contributed by atoms with van der Waals surface area (Å²) in [5.41, 5.74) is 1.63. The van der Waals surface area contributed by atoms with Crippen LogP contribution in [0.25, 0.3) is 0 Å². The van der Waals surface area contributed by atoms with Gasteiger partial charge >= 0.3 is 0 Å². The highest BCUT2D eigenvalue weighted by molar-refractivity contribution is 5.95. The van der Waals surface area contributed by atoms with Crippen molar-refractivity contribution in [1.82, 2.24) is 10.3 Å². The number of pyridine rings is 1. The summed E-state index contributed by atoms with van der Waals surface area (Å²) in [7, 11) is 1.81. The lowest BCUT2D eigenvalue weighted by Crippen LogP contribution is -2.26. The molecule has 0 spiro atoms. The van der Waals surface area contributed by atoms with E-state index in [-0.39, 0.29) is 5.91 Å². The predicted octanol–water partition coefficient (Wildman–Crippen LogP) is 2.07. The molecule has 1 aliphatic rings. The van der Waals surface area contributed by atoms with Crippen LogP contribution in [0.4, 0.5) is 5.82 Å². The van der Waals surface area contributed by atoms with Gasteiger partial charge in [-0.3, -0.25) is 4.79 Å². The number of hydrogen-bond donors (Lipinski definition) is 2. The second-order valence-electron chi connectivity index (χ2n) is 5.02. The molecule has 2 atom stereocenters. The number of aromatic nitrogens is 1. The van der Waals surface area contributed by atoms with Gasteiger partial charge in [-0.2, -0.15) is 0 Å². The minimum absolute atomic E-state index is 0.00250. The minimum atomic E-state index is 0.00250. The van der Waals surface area contributed by atoms with Crippen molar-refractivity contribution in [1.29, 1.82) is 0 Å². The smallest absolute Gasteiger partial charge is 0.251 e. The Hall–Kier alpha value is -1.58. The van der Waals surface area contributed by atoms with Gasteiger partial charge in [0.1, 0.15) is 5.82 Å². The van der Waals surface area contributed by atoms with Gasteiger partial charge in [0.25, 0.3) is 5.91 Å². The normalized spacial score (nSPS) is 21.5. The summed E-state index contributed by atoms with van der Waals surface area (Å²) in [6.45, 7) is 5.05. The van der Waals surface area contributed by atoms with E-state index in [9.17, 15) is 4.79 Å². The molecule has 1 saturated carbocycles. The third-order valence-electron chi connectivity index (χ3n) is 3.56. The molecule has 2 unspecified atom stereocenters. The zero-order valence-electron chi connectivity index (χ0n) is 11.3. The average Bonchev–Trinajstić information content (AvgIpc) is 3.11. The van der Waals surface area contributed by atoms with Gasteiger partial charge in [0, 0.05) is 24.8 Å². The van der Waals surface area contributed by atoms with Crippen molar-refractivity contribution in [2.24, 2.45) is 11.8 Å². The molecule has 2 N–H and O–H groups in total. The number of aryl methyl sites for hydroxylation is 1. The summed E-state index contributed by atoms with van der Waals surface area (Å²) in [5, 5.41) is 5.99. The first-order chi connectivity index (χ1) is 8.63. The van der Waals surface area contributed by atoms with Crippen LogP contribution in [0.2, 0.25) is 0 Å². The molecule has 1 fully saturated rings. The summed E-state index contributed by atoms with van der Waals surface area (Å²) in [4.78, 5) is 16.4. The maximum absolute atomic E-state index is 12.1. The van der Waals surface area contributed by atoms with Gasteiger partial charge < -0.3 is 10.6 Å². The number of hydrogen-bond acceptors (Lipinski definition) is 3. The third kappa shape index (κ3) is 3.00. The zero-order chi connectivity index (χ0) is 13.1. The van der Waals surface area contributed by atoms with E-state index in [1.54, 1.807) is 6.07 Å². The van der Waals surface area contributed by atoms with Crippen LogP contribution < -0.4 is 10.6 Å². The van der Waals surface area contributed by atoms with Crippen LogP contribution in [-0.4, -0.2) is 24.5 Å². The first-order valence-corrected chi connectivity index (χ1v) is 6.61. The second kappa shape index (κ2) is 5.38.